The molecule has 0 saturated heterocycles. The van der Waals surface area contributed by atoms with Crippen molar-refractivity contribution in [2.75, 3.05) is 16.9 Å². The van der Waals surface area contributed by atoms with Crippen molar-refractivity contribution >= 4 is 57.9 Å². The van der Waals surface area contributed by atoms with Gasteiger partial charge in [0.2, 0.25) is 17.7 Å². The Labute approximate surface area is 237 Å². The first kappa shape index (κ1) is 28.5. The van der Waals surface area contributed by atoms with Crippen LogP contribution in [0.5, 0.6) is 0 Å². The molecule has 2 unspecified atom stereocenters. The third-order valence-corrected chi connectivity index (χ3v) is 7.35. The van der Waals surface area contributed by atoms with Gasteiger partial charge in [0.15, 0.2) is 0 Å². The van der Waals surface area contributed by atoms with Crippen LogP contribution in [0.25, 0.3) is 5.57 Å². The predicted octanol–water partition coefficient (Wildman–Crippen LogP) is 4.08. The number of hydrogen-bond donors (Lipinski definition) is 4. The number of para-hydroxylation sites is 1. The van der Waals surface area contributed by atoms with Gasteiger partial charge in [-0.05, 0) is 54.7 Å². The number of carbonyl (C=O) groups is 3. The molecular formula is C28H32Cl2N6O3. The fraction of sp³-hybridized carbons (Fsp3) is 0.321. The Morgan fingerprint density at radius 2 is 1.90 bits per heavy atom. The average molecular weight is 572 g/mol. The second-order valence-electron chi connectivity index (χ2n) is 9.75. The fourth-order valence-electron chi connectivity index (χ4n) is 4.90. The van der Waals surface area contributed by atoms with Crippen molar-refractivity contribution in [1.29, 1.82) is 0 Å². The molecular weight excluding hydrogens is 539 g/mol. The number of fused-ring (bicyclic) bond motifs is 1. The van der Waals surface area contributed by atoms with Gasteiger partial charge in [-0.25, -0.2) is 5.84 Å². The number of benzene rings is 2. The molecule has 3 amide bonds. The van der Waals surface area contributed by atoms with E-state index in [1.54, 1.807) is 23.1 Å². The molecule has 2 heterocycles. The molecule has 206 valence electrons. The number of amides is 3. The molecule has 0 aromatic heterocycles. The maximum atomic E-state index is 13.4. The number of halogens is 2. The van der Waals surface area contributed by atoms with Gasteiger partial charge in [-0.1, -0.05) is 54.7 Å². The SMILES string of the molecule is CC1CCCC(N2CCC(c3cc(Cl)ccc3N(N)/C=C(\N)Cl)=CC2=O)C(=O)NCc2ccccc2NC1=O. The zero-order valence-corrected chi connectivity index (χ0v) is 23.1. The van der Waals surface area contributed by atoms with Crippen molar-refractivity contribution in [1.82, 2.24) is 10.2 Å². The Bertz CT molecular complexity index is 1320. The first-order valence-electron chi connectivity index (χ1n) is 12.8. The molecule has 0 spiro atoms. The van der Waals surface area contributed by atoms with E-state index in [9.17, 15) is 14.4 Å². The number of carbonyl (C=O) groups excluding carboxylic acids is 3. The highest BCUT2D eigenvalue weighted by Gasteiger charge is 2.32. The standard InChI is InChI=1S/C28H32Cl2N6O3/c1-17-5-4-8-24(28(39)33-15-19-6-2-3-7-22(19)34-27(17)38)35-12-11-18(13-26(35)37)21-14-20(29)9-10-23(21)36(32)16-25(30)31/h2-3,6-7,9-10,13-14,16-17,24H,4-5,8,11-12,15,31-32H2,1H3,(H,33,39)(H,34,38)/b25-16-. The van der Waals surface area contributed by atoms with Crippen LogP contribution in [0.3, 0.4) is 0 Å². The summed E-state index contributed by atoms with van der Waals surface area (Å²) >= 11 is 12.1. The number of nitrogens with two attached hydrogens (primary N) is 2. The van der Waals surface area contributed by atoms with Crippen LogP contribution < -0.4 is 27.2 Å². The lowest BCUT2D eigenvalue weighted by Gasteiger charge is -2.34. The van der Waals surface area contributed by atoms with E-state index in [4.69, 9.17) is 34.8 Å². The number of anilines is 2. The van der Waals surface area contributed by atoms with Crippen LogP contribution in [0.4, 0.5) is 11.4 Å². The molecule has 2 aliphatic heterocycles. The van der Waals surface area contributed by atoms with E-state index in [1.807, 2.05) is 31.2 Å². The first-order chi connectivity index (χ1) is 18.6. The molecule has 39 heavy (non-hydrogen) atoms. The summed E-state index contributed by atoms with van der Waals surface area (Å²) in [6.45, 7) is 2.44. The van der Waals surface area contributed by atoms with E-state index in [0.717, 1.165) is 11.1 Å². The molecule has 6 N–H and O–H groups in total. The summed E-state index contributed by atoms with van der Waals surface area (Å²) in [7, 11) is 0. The topological polar surface area (TPSA) is 134 Å². The minimum Gasteiger partial charge on any atom is -0.388 e. The smallest absolute Gasteiger partial charge is 0.247 e. The number of nitrogens with zero attached hydrogens (tertiary/aromatic N) is 2. The summed E-state index contributed by atoms with van der Waals surface area (Å²) in [5.41, 5.74) is 9.02. The van der Waals surface area contributed by atoms with Crippen LogP contribution in [-0.4, -0.2) is 35.2 Å². The van der Waals surface area contributed by atoms with Crippen molar-refractivity contribution in [3.63, 3.8) is 0 Å². The van der Waals surface area contributed by atoms with E-state index in [1.165, 1.54) is 17.3 Å². The quantitative estimate of drug-likeness (QED) is 0.248. The van der Waals surface area contributed by atoms with Gasteiger partial charge in [-0.3, -0.25) is 19.4 Å². The molecule has 11 heteroatoms. The molecule has 0 fully saturated rings. The Kier molecular flexibility index (Phi) is 9.16. The molecule has 2 aromatic rings. The summed E-state index contributed by atoms with van der Waals surface area (Å²) < 4.78 is 0. The van der Waals surface area contributed by atoms with Crippen molar-refractivity contribution in [2.24, 2.45) is 17.5 Å². The average Bonchev–Trinajstić information content (AvgIpc) is 2.89. The van der Waals surface area contributed by atoms with Gasteiger partial charge in [0.1, 0.15) is 11.2 Å². The van der Waals surface area contributed by atoms with Gasteiger partial charge in [0.05, 0.1) is 11.9 Å². The minimum absolute atomic E-state index is 0.00112. The lowest BCUT2D eigenvalue weighted by Crippen LogP contribution is -2.50. The molecule has 2 atom stereocenters. The Morgan fingerprint density at radius 3 is 2.64 bits per heavy atom. The second-order valence-corrected chi connectivity index (χ2v) is 10.6. The largest absolute Gasteiger partial charge is 0.388 e. The Hall–Kier alpha value is -3.53. The first-order valence-corrected chi connectivity index (χ1v) is 13.5. The van der Waals surface area contributed by atoms with Crippen LogP contribution in [0.1, 0.15) is 43.7 Å². The van der Waals surface area contributed by atoms with Crippen molar-refractivity contribution in [2.45, 2.75) is 45.2 Å². The van der Waals surface area contributed by atoms with Crippen LogP contribution in [0.15, 0.2) is 59.9 Å². The van der Waals surface area contributed by atoms with E-state index < -0.39 is 6.04 Å². The molecule has 0 aliphatic carbocycles. The number of hydrogen-bond acceptors (Lipinski definition) is 6. The fourth-order valence-corrected chi connectivity index (χ4v) is 5.18. The maximum Gasteiger partial charge on any atom is 0.247 e. The number of hydrazine groups is 1. The van der Waals surface area contributed by atoms with Crippen LogP contribution in [0, 0.1) is 5.92 Å². The molecule has 9 nitrogen and oxygen atoms in total. The summed E-state index contributed by atoms with van der Waals surface area (Å²) in [5.74, 6) is 5.33. The van der Waals surface area contributed by atoms with E-state index in [2.05, 4.69) is 10.6 Å². The summed E-state index contributed by atoms with van der Waals surface area (Å²) in [5, 5.41) is 7.70. The maximum absolute atomic E-state index is 13.4. The third kappa shape index (κ3) is 6.92. The number of nitrogens with one attached hydrogen (secondary N) is 2. The zero-order chi connectivity index (χ0) is 28.1. The van der Waals surface area contributed by atoms with Crippen molar-refractivity contribution < 1.29 is 14.4 Å². The van der Waals surface area contributed by atoms with E-state index in [0.29, 0.717) is 54.2 Å². The van der Waals surface area contributed by atoms with Gasteiger partial charge in [0, 0.05) is 41.4 Å². The second kappa shape index (κ2) is 12.5. The molecule has 4 rings (SSSR count). The minimum atomic E-state index is -0.666. The number of rotatable bonds is 4. The van der Waals surface area contributed by atoms with Crippen LogP contribution >= 0.6 is 23.2 Å². The van der Waals surface area contributed by atoms with Crippen molar-refractivity contribution in [3.8, 4) is 0 Å². The highest BCUT2D eigenvalue weighted by atomic mass is 35.5. The highest BCUT2D eigenvalue weighted by Crippen LogP contribution is 2.34. The monoisotopic (exact) mass is 570 g/mol. The highest BCUT2D eigenvalue weighted by molar-refractivity contribution is 6.31. The molecule has 2 aromatic carbocycles. The molecule has 0 saturated carbocycles. The Morgan fingerprint density at radius 1 is 1.13 bits per heavy atom. The van der Waals surface area contributed by atoms with Gasteiger partial charge in [-0.2, -0.15) is 0 Å². The summed E-state index contributed by atoms with van der Waals surface area (Å²) in [6.07, 6.45) is 5.02. The third-order valence-electron chi connectivity index (χ3n) is 7.02. The van der Waals surface area contributed by atoms with E-state index >= 15 is 0 Å². The molecule has 2 aliphatic rings. The zero-order valence-electron chi connectivity index (χ0n) is 21.6. The lowest BCUT2D eigenvalue weighted by atomic mass is 9.94. The van der Waals surface area contributed by atoms with E-state index in [-0.39, 0.29) is 35.3 Å². The normalized spacial score (nSPS) is 21.1. The summed E-state index contributed by atoms with van der Waals surface area (Å²) in [4.78, 5) is 41.1. The van der Waals surface area contributed by atoms with Crippen molar-refractivity contribution in [3.05, 3.63) is 76.0 Å². The van der Waals surface area contributed by atoms with Gasteiger partial charge >= 0.3 is 0 Å². The van der Waals surface area contributed by atoms with Crippen LogP contribution in [0.2, 0.25) is 5.02 Å². The lowest BCUT2D eigenvalue weighted by molar-refractivity contribution is -0.137. The predicted molar refractivity (Wildman–Crippen MR) is 154 cm³/mol. The molecule has 0 bridgehead atoms. The Balaban J connectivity index is 1.59. The summed E-state index contributed by atoms with van der Waals surface area (Å²) in [6, 6.07) is 11.8. The van der Waals surface area contributed by atoms with Crippen LogP contribution in [-0.2, 0) is 20.9 Å². The van der Waals surface area contributed by atoms with Gasteiger partial charge < -0.3 is 21.3 Å². The molecule has 0 radical (unpaired) electrons. The van der Waals surface area contributed by atoms with Gasteiger partial charge in [-0.15, -0.1) is 0 Å². The van der Waals surface area contributed by atoms with Gasteiger partial charge in [0.25, 0.3) is 0 Å².